The smallest absolute Gasteiger partial charge is 0.243 e. The zero-order chi connectivity index (χ0) is 26.7. The van der Waals surface area contributed by atoms with Crippen LogP contribution in [0.5, 0.6) is 0 Å². The first-order valence-corrected chi connectivity index (χ1v) is 14.9. The van der Waals surface area contributed by atoms with E-state index in [1.807, 2.05) is 71.6 Å². The third-order valence-corrected chi connectivity index (χ3v) is 8.38. The second-order valence-electron chi connectivity index (χ2n) is 10.1. The quantitative estimate of drug-likeness (QED) is 0.192. The Labute approximate surface area is 236 Å². The third-order valence-electron chi connectivity index (χ3n) is 7.03. The molecule has 1 fully saturated rings. The Morgan fingerprint density at radius 1 is 0.974 bits per heavy atom. The summed E-state index contributed by atoms with van der Waals surface area (Å²) in [4.78, 5) is 30.5. The minimum Gasteiger partial charge on any atom is -0.352 e. The number of carbonyl (C=O) groups is 2. The number of nitrogens with zero attached hydrogens (tertiary/aromatic N) is 1. The number of carbonyl (C=O) groups excluding carboxylic acids is 2. The van der Waals surface area contributed by atoms with E-state index < -0.39 is 6.04 Å². The molecule has 1 N–H and O–H groups in total. The van der Waals surface area contributed by atoms with Crippen LogP contribution in [0.15, 0.2) is 83.8 Å². The molecule has 0 aliphatic heterocycles. The van der Waals surface area contributed by atoms with E-state index in [2.05, 4.69) is 24.4 Å². The molecule has 3 aromatic rings. The summed E-state index contributed by atoms with van der Waals surface area (Å²) in [5, 5.41) is 4.00. The van der Waals surface area contributed by atoms with Crippen molar-refractivity contribution in [2.75, 3.05) is 5.75 Å². The van der Waals surface area contributed by atoms with Crippen molar-refractivity contribution in [1.82, 2.24) is 10.2 Å². The molecule has 6 heteroatoms. The van der Waals surface area contributed by atoms with E-state index >= 15 is 0 Å². The molecule has 0 saturated heterocycles. The number of amides is 2. The van der Waals surface area contributed by atoms with Gasteiger partial charge in [-0.15, -0.1) is 11.8 Å². The monoisotopic (exact) mass is 548 g/mol. The molecule has 0 radical (unpaired) electrons. The highest BCUT2D eigenvalue weighted by molar-refractivity contribution is 7.99. The van der Waals surface area contributed by atoms with Crippen molar-refractivity contribution < 1.29 is 9.59 Å². The van der Waals surface area contributed by atoms with Gasteiger partial charge >= 0.3 is 0 Å². The summed E-state index contributed by atoms with van der Waals surface area (Å²) in [6, 6.07) is 25.6. The number of rotatable bonds is 12. The maximum atomic E-state index is 13.8. The van der Waals surface area contributed by atoms with Crippen LogP contribution in [-0.2, 0) is 22.6 Å². The Morgan fingerprint density at radius 3 is 2.39 bits per heavy atom. The van der Waals surface area contributed by atoms with E-state index in [-0.39, 0.29) is 17.9 Å². The highest BCUT2D eigenvalue weighted by Crippen LogP contribution is 2.23. The van der Waals surface area contributed by atoms with Crippen LogP contribution in [-0.4, -0.2) is 34.6 Å². The molecule has 2 amide bonds. The topological polar surface area (TPSA) is 49.4 Å². The maximum Gasteiger partial charge on any atom is 0.243 e. The number of nitrogens with one attached hydrogen (secondary N) is 1. The van der Waals surface area contributed by atoms with Crippen molar-refractivity contribution in [3.05, 3.63) is 101 Å². The van der Waals surface area contributed by atoms with Crippen molar-refractivity contribution in [2.24, 2.45) is 0 Å². The molecule has 0 bridgehead atoms. The van der Waals surface area contributed by atoms with Crippen molar-refractivity contribution in [1.29, 1.82) is 0 Å². The molecule has 1 atom stereocenters. The fourth-order valence-electron chi connectivity index (χ4n) is 5.02. The largest absolute Gasteiger partial charge is 0.352 e. The van der Waals surface area contributed by atoms with Crippen LogP contribution in [0.3, 0.4) is 0 Å². The fourth-order valence-corrected chi connectivity index (χ4v) is 6.00. The van der Waals surface area contributed by atoms with Crippen molar-refractivity contribution in [3.63, 3.8) is 0 Å². The number of hydrogen-bond acceptors (Lipinski definition) is 3. The lowest BCUT2D eigenvalue weighted by Gasteiger charge is -2.32. The molecule has 1 aliphatic carbocycles. The highest BCUT2D eigenvalue weighted by Gasteiger charge is 2.31. The summed E-state index contributed by atoms with van der Waals surface area (Å²) in [5.74, 6) is 0.798. The van der Waals surface area contributed by atoms with Crippen LogP contribution in [0.25, 0.3) is 0 Å². The normalized spacial score (nSPS) is 14.3. The Bertz CT molecular complexity index is 1180. The first-order valence-electron chi connectivity index (χ1n) is 13.6. The second kappa shape index (κ2) is 14.4. The Hall–Kier alpha value is -2.76. The van der Waals surface area contributed by atoms with E-state index in [9.17, 15) is 9.59 Å². The van der Waals surface area contributed by atoms with Gasteiger partial charge < -0.3 is 10.2 Å². The Balaban J connectivity index is 1.51. The van der Waals surface area contributed by atoms with Crippen LogP contribution in [0.4, 0.5) is 0 Å². The first kappa shape index (κ1) is 28.3. The predicted octanol–water partition coefficient (Wildman–Crippen LogP) is 7.22. The summed E-state index contributed by atoms with van der Waals surface area (Å²) in [6.45, 7) is 2.47. The minimum atomic E-state index is -0.560. The van der Waals surface area contributed by atoms with Crippen molar-refractivity contribution in [2.45, 2.75) is 75.4 Å². The van der Waals surface area contributed by atoms with Crippen LogP contribution in [0.1, 0.15) is 55.2 Å². The van der Waals surface area contributed by atoms with Gasteiger partial charge in [0.05, 0.1) is 0 Å². The van der Waals surface area contributed by atoms with Crippen LogP contribution >= 0.6 is 23.4 Å². The molecule has 38 heavy (non-hydrogen) atoms. The molecular weight excluding hydrogens is 512 g/mol. The Kier molecular flexibility index (Phi) is 10.7. The molecule has 1 saturated carbocycles. The summed E-state index contributed by atoms with van der Waals surface area (Å²) < 4.78 is 0. The van der Waals surface area contributed by atoms with Gasteiger partial charge in [-0.3, -0.25) is 9.59 Å². The number of aryl methyl sites for hydroxylation is 1. The summed E-state index contributed by atoms with van der Waals surface area (Å²) >= 11 is 7.72. The fraction of sp³-hybridized carbons (Fsp3) is 0.375. The second-order valence-corrected chi connectivity index (χ2v) is 11.7. The predicted molar refractivity (Wildman–Crippen MR) is 157 cm³/mol. The zero-order valence-electron chi connectivity index (χ0n) is 22.1. The van der Waals surface area contributed by atoms with E-state index in [0.717, 1.165) is 64.5 Å². The lowest BCUT2D eigenvalue weighted by atomic mass is 10.0. The molecule has 3 aromatic carbocycles. The number of halogens is 1. The van der Waals surface area contributed by atoms with Gasteiger partial charge in [-0.25, -0.2) is 0 Å². The summed E-state index contributed by atoms with van der Waals surface area (Å²) in [6.07, 6.45) is 5.94. The third kappa shape index (κ3) is 8.64. The van der Waals surface area contributed by atoms with Crippen LogP contribution < -0.4 is 5.32 Å². The molecule has 0 aromatic heterocycles. The molecule has 0 spiro atoms. The van der Waals surface area contributed by atoms with Gasteiger partial charge in [0.1, 0.15) is 6.04 Å². The molecular formula is C32H37ClN2O2S. The van der Waals surface area contributed by atoms with Gasteiger partial charge in [0.15, 0.2) is 0 Å². The van der Waals surface area contributed by atoms with Gasteiger partial charge in [-0.1, -0.05) is 84.6 Å². The SMILES string of the molecule is Cc1cccc(CN(C(=O)CCCSc2ccc(Cl)cc2)C(Cc2ccccc2)C(=O)NC2CCCC2)c1. The first-order chi connectivity index (χ1) is 18.5. The van der Waals surface area contributed by atoms with Gasteiger partial charge in [0.25, 0.3) is 0 Å². The molecule has 4 rings (SSSR count). The highest BCUT2D eigenvalue weighted by atomic mass is 35.5. The molecule has 0 heterocycles. The van der Waals surface area contributed by atoms with Crippen LogP contribution in [0, 0.1) is 6.92 Å². The average Bonchev–Trinajstić information content (AvgIpc) is 3.43. The van der Waals surface area contributed by atoms with Gasteiger partial charge in [-0.2, -0.15) is 0 Å². The maximum absolute atomic E-state index is 13.8. The molecule has 4 nitrogen and oxygen atoms in total. The minimum absolute atomic E-state index is 0.0192. The number of benzene rings is 3. The van der Waals surface area contributed by atoms with E-state index in [4.69, 9.17) is 11.6 Å². The number of hydrogen-bond donors (Lipinski definition) is 1. The molecule has 1 aliphatic rings. The lowest BCUT2D eigenvalue weighted by molar-refractivity contribution is -0.141. The van der Waals surface area contributed by atoms with Crippen molar-refractivity contribution >= 4 is 35.2 Å². The number of thioether (sulfide) groups is 1. The standard InChI is InChI=1S/C32H37ClN2O2S/c1-24-9-7-12-26(21-24)23-35(31(36)15-8-20-38-29-18-16-27(33)17-19-29)30(22-25-10-3-2-4-11-25)32(37)34-28-13-5-6-14-28/h2-4,7,9-12,16-19,21,28,30H,5-6,8,13-15,20,22-23H2,1H3,(H,34,37). The van der Waals surface area contributed by atoms with Crippen LogP contribution in [0.2, 0.25) is 5.02 Å². The van der Waals surface area contributed by atoms with Gasteiger partial charge in [0.2, 0.25) is 11.8 Å². The average molecular weight is 549 g/mol. The van der Waals surface area contributed by atoms with E-state index in [1.54, 1.807) is 11.8 Å². The lowest BCUT2D eigenvalue weighted by Crippen LogP contribution is -2.52. The summed E-state index contributed by atoms with van der Waals surface area (Å²) in [5.41, 5.74) is 3.24. The van der Waals surface area contributed by atoms with E-state index in [0.29, 0.717) is 19.4 Å². The van der Waals surface area contributed by atoms with Gasteiger partial charge in [-0.05, 0) is 67.3 Å². The van der Waals surface area contributed by atoms with Crippen molar-refractivity contribution in [3.8, 4) is 0 Å². The summed E-state index contributed by atoms with van der Waals surface area (Å²) in [7, 11) is 0. The Morgan fingerprint density at radius 2 is 1.68 bits per heavy atom. The zero-order valence-corrected chi connectivity index (χ0v) is 23.6. The molecule has 200 valence electrons. The molecule has 1 unspecified atom stereocenters. The van der Waals surface area contributed by atoms with E-state index in [1.165, 1.54) is 0 Å². The van der Waals surface area contributed by atoms with Gasteiger partial charge in [0, 0.05) is 35.3 Å².